The SMILES string of the molecule is CNC(=O)C1CN(C(=O)c2cnccn2)CC1c1n[nH]c(C)n1. The van der Waals surface area contributed by atoms with Crippen LogP contribution in [0.3, 0.4) is 0 Å². The van der Waals surface area contributed by atoms with Crippen molar-refractivity contribution in [1.82, 2.24) is 35.4 Å². The van der Waals surface area contributed by atoms with Crippen molar-refractivity contribution in [2.24, 2.45) is 5.92 Å². The van der Waals surface area contributed by atoms with Gasteiger partial charge in [0.1, 0.15) is 11.5 Å². The molecular formula is C14H17N7O2. The highest BCUT2D eigenvalue weighted by Crippen LogP contribution is 2.31. The molecule has 0 spiro atoms. The molecule has 2 aromatic heterocycles. The zero-order chi connectivity index (χ0) is 16.4. The predicted molar refractivity (Wildman–Crippen MR) is 79.4 cm³/mol. The number of nitrogens with zero attached hydrogens (tertiary/aromatic N) is 5. The molecule has 0 bridgehead atoms. The lowest BCUT2D eigenvalue weighted by Crippen LogP contribution is -2.34. The predicted octanol–water partition coefficient (Wildman–Crippen LogP) is -0.495. The van der Waals surface area contributed by atoms with E-state index in [1.807, 2.05) is 0 Å². The summed E-state index contributed by atoms with van der Waals surface area (Å²) in [5.41, 5.74) is 0.259. The molecule has 2 unspecified atom stereocenters. The Kier molecular flexibility index (Phi) is 4.00. The lowest BCUT2D eigenvalue weighted by Gasteiger charge is -2.14. The largest absolute Gasteiger partial charge is 0.359 e. The van der Waals surface area contributed by atoms with E-state index in [2.05, 4.69) is 30.5 Å². The van der Waals surface area contributed by atoms with Gasteiger partial charge in [0.05, 0.1) is 18.0 Å². The molecule has 1 aliphatic heterocycles. The van der Waals surface area contributed by atoms with Crippen LogP contribution in [0.5, 0.6) is 0 Å². The minimum Gasteiger partial charge on any atom is -0.359 e. The standard InChI is InChI=1S/C14H17N7O2/c1-8-18-12(20-19-8)9-6-21(7-10(9)13(22)15-2)14(23)11-5-16-3-4-17-11/h3-5,9-10H,6-7H2,1-2H3,(H,15,22)(H,18,19,20). The smallest absolute Gasteiger partial charge is 0.274 e. The molecular weight excluding hydrogens is 298 g/mol. The van der Waals surface area contributed by atoms with Crippen LogP contribution < -0.4 is 5.32 Å². The molecule has 0 radical (unpaired) electrons. The van der Waals surface area contributed by atoms with E-state index in [-0.39, 0.29) is 23.4 Å². The Morgan fingerprint density at radius 2 is 2.17 bits per heavy atom. The first kappa shape index (κ1) is 15.1. The van der Waals surface area contributed by atoms with Crippen molar-refractivity contribution in [3.8, 4) is 0 Å². The van der Waals surface area contributed by atoms with Gasteiger partial charge in [-0.1, -0.05) is 0 Å². The van der Waals surface area contributed by atoms with Gasteiger partial charge in [-0.05, 0) is 6.92 Å². The number of nitrogens with one attached hydrogen (secondary N) is 2. The Morgan fingerprint density at radius 3 is 2.78 bits per heavy atom. The molecule has 1 saturated heterocycles. The summed E-state index contributed by atoms with van der Waals surface area (Å²) >= 11 is 0. The maximum Gasteiger partial charge on any atom is 0.274 e. The summed E-state index contributed by atoms with van der Waals surface area (Å²) in [4.78, 5) is 38.5. The number of aryl methyl sites for hydroxylation is 1. The summed E-state index contributed by atoms with van der Waals surface area (Å²) in [5, 5.41) is 9.57. The average Bonchev–Trinajstić information content (AvgIpc) is 3.20. The summed E-state index contributed by atoms with van der Waals surface area (Å²) in [6.45, 7) is 2.46. The zero-order valence-electron chi connectivity index (χ0n) is 12.9. The van der Waals surface area contributed by atoms with E-state index in [9.17, 15) is 9.59 Å². The van der Waals surface area contributed by atoms with Crippen LogP contribution >= 0.6 is 0 Å². The van der Waals surface area contributed by atoms with E-state index in [4.69, 9.17) is 0 Å². The highest BCUT2D eigenvalue weighted by atomic mass is 16.2. The maximum absolute atomic E-state index is 12.5. The quantitative estimate of drug-likeness (QED) is 0.789. The van der Waals surface area contributed by atoms with E-state index >= 15 is 0 Å². The molecule has 23 heavy (non-hydrogen) atoms. The minimum atomic E-state index is -0.393. The van der Waals surface area contributed by atoms with Crippen LogP contribution in [0.25, 0.3) is 0 Å². The van der Waals surface area contributed by atoms with Crippen molar-refractivity contribution in [2.75, 3.05) is 20.1 Å². The second kappa shape index (κ2) is 6.11. The molecule has 2 aromatic rings. The van der Waals surface area contributed by atoms with Gasteiger partial charge in [0.25, 0.3) is 5.91 Å². The van der Waals surface area contributed by atoms with Crippen LogP contribution in [0.2, 0.25) is 0 Å². The summed E-state index contributed by atoms with van der Waals surface area (Å²) in [5.74, 6) is 0.199. The zero-order valence-corrected chi connectivity index (χ0v) is 12.9. The number of amides is 2. The lowest BCUT2D eigenvalue weighted by molar-refractivity contribution is -0.124. The first-order valence-electron chi connectivity index (χ1n) is 7.26. The van der Waals surface area contributed by atoms with E-state index in [1.54, 1.807) is 18.9 Å². The van der Waals surface area contributed by atoms with Crippen LogP contribution in [-0.2, 0) is 4.79 Å². The molecule has 1 aliphatic rings. The van der Waals surface area contributed by atoms with E-state index < -0.39 is 5.92 Å². The van der Waals surface area contributed by atoms with Crippen LogP contribution in [0.4, 0.5) is 0 Å². The Labute approximate surface area is 132 Å². The van der Waals surface area contributed by atoms with Gasteiger partial charge in [-0.2, -0.15) is 5.10 Å². The van der Waals surface area contributed by atoms with Crippen molar-refractivity contribution < 1.29 is 9.59 Å². The number of carbonyl (C=O) groups excluding carboxylic acids is 2. The van der Waals surface area contributed by atoms with Crippen molar-refractivity contribution >= 4 is 11.8 Å². The number of likely N-dealkylation sites (tertiary alicyclic amines) is 1. The van der Waals surface area contributed by atoms with Crippen LogP contribution in [0.1, 0.15) is 28.1 Å². The molecule has 0 aliphatic carbocycles. The van der Waals surface area contributed by atoms with Crippen molar-refractivity contribution in [3.63, 3.8) is 0 Å². The first-order chi connectivity index (χ1) is 11.1. The Morgan fingerprint density at radius 1 is 1.35 bits per heavy atom. The Hall–Kier alpha value is -2.84. The fourth-order valence-electron chi connectivity index (χ4n) is 2.78. The summed E-state index contributed by atoms with van der Waals surface area (Å²) in [6, 6.07) is 0. The molecule has 2 atom stereocenters. The molecule has 2 N–H and O–H groups in total. The number of H-pyrrole nitrogens is 1. The van der Waals surface area contributed by atoms with E-state index in [0.29, 0.717) is 24.7 Å². The normalized spacial score (nSPS) is 20.5. The monoisotopic (exact) mass is 315 g/mol. The van der Waals surface area contributed by atoms with Gasteiger partial charge < -0.3 is 10.2 Å². The van der Waals surface area contributed by atoms with Crippen molar-refractivity contribution in [3.05, 3.63) is 35.9 Å². The summed E-state index contributed by atoms with van der Waals surface area (Å²) in [7, 11) is 1.58. The van der Waals surface area contributed by atoms with Gasteiger partial charge in [-0.15, -0.1) is 0 Å². The van der Waals surface area contributed by atoms with Gasteiger partial charge in [0.15, 0.2) is 5.82 Å². The summed E-state index contributed by atoms with van der Waals surface area (Å²) in [6.07, 6.45) is 4.39. The van der Waals surface area contributed by atoms with Crippen LogP contribution in [0, 0.1) is 12.8 Å². The fourth-order valence-corrected chi connectivity index (χ4v) is 2.78. The van der Waals surface area contributed by atoms with E-state index in [0.717, 1.165) is 0 Å². The molecule has 3 heterocycles. The number of rotatable bonds is 3. The highest BCUT2D eigenvalue weighted by molar-refractivity contribution is 5.93. The number of carbonyl (C=O) groups is 2. The van der Waals surface area contributed by atoms with E-state index in [1.165, 1.54) is 18.6 Å². The molecule has 2 amide bonds. The minimum absolute atomic E-state index is 0.133. The second-order valence-electron chi connectivity index (χ2n) is 5.41. The Bertz CT molecular complexity index is 715. The van der Waals surface area contributed by atoms with Crippen LogP contribution in [-0.4, -0.2) is 62.0 Å². The number of hydrogen-bond donors (Lipinski definition) is 2. The van der Waals surface area contributed by atoms with Crippen LogP contribution in [0.15, 0.2) is 18.6 Å². The molecule has 0 saturated carbocycles. The molecule has 3 rings (SSSR count). The lowest BCUT2D eigenvalue weighted by atomic mass is 9.94. The third-order valence-corrected chi connectivity index (χ3v) is 3.92. The van der Waals surface area contributed by atoms with Crippen molar-refractivity contribution in [1.29, 1.82) is 0 Å². The maximum atomic E-state index is 12.5. The van der Waals surface area contributed by atoms with Gasteiger partial charge in [-0.25, -0.2) is 9.97 Å². The third kappa shape index (κ3) is 2.89. The molecule has 0 aromatic carbocycles. The number of aromatic nitrogens is 5. The first-order valence-corrected chi connectivity index (χ1v) is 7.26. The van der Waals surface area contributed by atoms with Crippen molar-refractivity contribution in [2.45, 2.75) is 12.8 Å². The number of aromatic amines is 1. The molecule has 120 valence electrons. The molecule has 9 heteroatoms. The molecule has 1 fully saturated rings. The van der Waals surface area contributed by atoms with Gasteiger partial charge in [0.2, 0.25) is 5.91 Å². The topological polar surface area (TPSA) is 117 Å². The molecule has 9 nitrogen and oxygen atoms in total. The third-order valence-electron chi connectivity index (χ3n) is 3.92. The Balaban J connectivity index is 1.85. The summed E-state index contributed by atoms with van der Waals surface area (Å²) < 4.78 is 0. The number of hydrogen-bond acceptors (Lipinski definition) is 6. The second-order valence-corrected chi connectivity index (χ2v) is 5.41. The average molecular weight is 315 g/mol. The fraction of sp³-hybridized carbons (Fsp3) is 0.429. The van der Waals surface area contributed by atoms with Gasteiger partial charge in [0, 0.05) is 32.5 Å². The highest BCUT2D eigenvalue weighted by Gasteiger charge is 2.42. The van der Waals surface area contributed by atoms with Gasteiger partial charge >= 0.3 is 0 Å². The van der Waals surface area contributed by atoms with Gasteiger partial charge in [-0.3, -0.25) is 19.7 Å².